The monoisotopic (exact) mass is 277 g/mol. The lowest BCUT2D eigenvalue weighted by Crippen LogP contribution is -2.29. The van der Waals surface area contributed by atoms with E-state index in [4.69, 9.17) is 10.6 Å². The first-order chi connectivity index (χ1) is 9.24. The fraction of sp³-hybridized carbons (Fsp3) is 0.357. The predicted molar refractivity (Wildman–Crippen MR) is 78.2 cm³/mol. The standard InChI is InChI=1S/C14H19N3OS/c1-3-8-18-12-6-4-11(5-7-12)14(17-15)13-9-19-10(2)16-13/h4-7,9,14,17H,3,8,15H2,1-2H3. The Hall–Kier alpha value is -1.43. The topological polar surface area (TPSA) is 60.2 Å². The van der Waals surface area contributed by atoms with Crippen molar-refractivity contribution in [3.8, 4) is 5.75 Å². The second-order valence-electron chi connectivity index (χ2n) is 4.31. The summed E-state index contributed by atoms with van der Waals surface area (Å²) in [6, 6.07) is 7.89. The molecular weight excluding hydrogens is 258 g/mol. The fourth-order valence-corrected chi connectivity index (χ4v) is 2.48. The van der Waals surface area contributed by atoms with Crippen LogP contribution in [0.15, 0.2) is 29.6 Å². The number of thiazole rings is 1. The molecule has 0 amide bonds. The molecule has 0 aliphatic heterocycles. The van der Waals surface area contributed by atoms with Gasteiger partial charge < -0.3 is 4.74 Å². The lowest BCUT2D eigenvalue weighted by molar-refractivity contribution is 0.317. The quantitative estimate of drug-likeness (QED) is 0.629. The summed E-state index contributed by atoms with van der Waals surface area (Å²) in [6.45, 7) is 4.82. The second-order valence-corrected chi connectivity index (χ2v) is 5.37. The average Bonchev–Trinajstić information content (AvgIpc) is 2.85. The largest absolute Gasteiger partial charge is 0.494 e. The van der Waals surface area contributed by atoms with Gasteiger partial charge in [-0.3, -0.25) is 5.84 Å². The lowest BCUT2D eigenvalue weighted by atomic mass is 10.1. The first-order valence-electron chi connectivity index (χ1n) is 6.35. The van der Waals surface area contributed by atoms with Gasteiger partial charge in [-0.15, -0.1) is 11.3 Å². The van der Waals surface area contributed by atoms with Crippen LogP contribution in [-0.2, 0) is 0 Å². The lowest BCUT2D eigenvalue weighted by Gasteiger charge is -2.14. The van der Waals surface area contributed by atoms with Crippen LogP contribution in [0, 0.1) is 6.92 Å². The van der Waals surface area contributed by atoms with E-state index in [1.807, 2.05) is 36.6 Å². The third-order valence-corrected chi connectivity index (χ3v) is 3.58. The molecule has 0 fully saturated rings. The van der Waals surface area contributed by atoms with Crippen LogP contribution in [-0.4, -0.2) is 11.6 Å². The van der Waals surface area contributed by atoms with Gasteiger partial charge in [-0.1, -0.05) is 19.1 Å². The van der Waals surface area contributed by atoms with Crippen LogP contribution in [0.3, 0.4) is 0 Å². The van der Waals surface area contributed by atoms with Crippen molar-refractivity contribution < 1.29 is 4.74 Å². The number of rotatable bonds is 6. The molecule has 1 unspecified atom stereocenters. The van der Waals surface area contributed by atoms with Crippen molar-refractivity contribution in [2.24, 2.45) is 5.84 Å². The zero-order valence-corrected chi connectivity index (χ0v) is 12.0. The molecule has 102 valence electrons. The number of hydrogen-bond acceptors (Lipinski definition) is 5. The van der Waals surface area contributed by atoms with E-state index >= 15 is 0 Å². The minimum Gasteiger partial charge on any atom is -0.494 e. The minimum atomic E-state index is -0.0785. The van der Waals surface area contributed by atoms with Crippen LogP contribution < -0.4 is 16.0 Å². The Morgan fingerprint density at radius 3 is 2.63 bits per heavy atom. The van der Waals surface area contributed by atoms with Crippen molar-refractivity contribution >= 4 is 11.3 Å². The highest BCUT2D eigenvalue weighted by Crippen LogP contribution is 2.24. The van der Waals surface area contributed by atoms with Gasteiger partial charge in [-0.05, 0) is 31.0 Å². The number of benzene rings is 1. The van der Waals surface area contributed by atoms with E-state index in [1.165, 1.54) is 0 Å². The van der Waals surface area contributed by atoms with Crippen LogP contribution in [0.5, 0.6) is 5.75 Å². The molecule has 0 aliphatic rings. The van der Waals surface area contributed by atoms with Gasteiger partial charge in [0.1, 0.15) is 5.75 Å². The summed E-state index contributed by atoms with van der Waals surface area (Å²) in [5.74, 6) is 6.53. The average molecular weight is 277 g/mol. The molecule has 0 saturated carbocycles. The van der Waals surface area contributed by atoms with Crippen molar-refractivity contribution in [1.82, 2.24) is 10.4 Å². The van der Waals surface area contributed by atoms with Gasteiger partial charge in [-0.25, -0.2) is 10.4 Å². The van der Waals surface area contributed by atoms with Crippen molar-refractivity contribution in [3.63, 3.8) is 0 Å². The number of aromatic nitrogens is 1. The molecule has 2 aromatic rings. The molecular formula is C14H19N3OS. The summed E-state index contributed by atoms with van der Waals surface area (Å²) in [5.41, 5.74) is 4.85. The minimum absolute atomic E-state index is 0.0785. The first kappa shape index (κ1) is 14.0. The summed E-state index contributed by atoms with van der Waals surface area (Å²) in [6.07, 6.45) is 1.01. The van der Waals surface area contributed by atoms with Crippen molar-refractivity contribution in [2.75, 3.05) is 6.61 Å². The maximum Gasteiger partial charge on any atom is 0.119 e. The molecule has 1 aromatic heterocycles. The maximum atomic E-state index is 5.65. The van der Waals surface area contributed by atoms with Crippen LogP contribution >= 0.6 is 11.3 Å². The summed E-state index contributed by atoms with van der Waals surface area (Å²) in [5, 5.41) is 3.07. The van der Waals surface area contributed by atoms with Crippen LogP contribution in [0.2, 0.25) is 0 Å². The number of aryl methyl sites for hydroxylation is 1. The molecule has 5 heteroatoms. The molecule has 1 aromatic carbocycles. The summed E-state index contributed by atoms with van der Waals surface area (Å²) in [4.78, 5) is 4.48. The Bertz CT molecular complexity index is 510. The Kier molecular flexibility index (Phi) is 4.90. The molecule has 2 rings (SSSR count). The molecule has 0 aliphatic carbocycles. The zero-order valence-electron chi connectivity index (χ0n) is 11.2. The van der Waals surface area contributed by atoms with E-state index in [-0.39, 0.29) is 6.04 Å². The number of nitrogens with one attached hydrogen (secondary N) is 1. The zero-order chi connectivity index (χ0) is 13.7. The highest BCUT2D eigenvalue weighted by molar-refractivity contribution is 7.09. The van der Waals surface area contributed by atoms with Gasteiger partial charge in [0.05, 0.1) is 23.4 Å². The number of ether oxygens (including phenoxy) is 1. The number of nitrogens with zero attached hydrogens (tertiary/aromatic N) is 1. The van der Waals surface area contributed by atoms with Crippen molar-refractivity contribution in [3.05, 3.63) is 45.9 Å². The van der Waals surface area contributed by atoms with Gasteiger partial charge >= 0.3 is 0 Å². The maximum absolute atomic E-state index is 5.65. The molecule has 4 nitrogen and oxygen atoms in total. The molecule has 0 spiro atoms. The van der Waals surface area contributed by atoms with Gasteiger partial charge in [0.25, 0.3) is 0 Å². The van der Waals surface area contributed by atoms with Gasteiger partial charge in [0.2, 0.25) is 0 Å². The normalized spacial score (nSPS) is 12.4. The highest BCUT2D eigenvalue weighted by Gasteiger charge is 2.15. The number of hydrogen-bond donors (Lipinski definition) is 2. The second kappa shape index (κ2) is 6.65. The summed E-state index contributed by atoms with van der Waals surface area (Å²) >= 11 is 1.63. The molecule has 19 heavy (non-hydrogen) atoms. The van der Waals surface area contributed by atoms with E-state index < -0.39 is 0 Å². The molecule has 3 N–H and O–H groups in total. The first-order valence-corrected chi connectivity index (χ1v) is 7.23. The van der Waals surface area contributed by atoms with Crippen LogP contribution in [0.1, 0.15) is 35.7 Å². The summed E-state index contributed by atoms with van der Waals surface area (Å²) < 4.78 is 5.57. The van der Waals surface area contributed by atoms with E-state index in [1.54, 1.807) is 11.3 Å². The van der Waals surface area contributed by atoms with E-state index in [9.17, 15) is 0 Å². The Morgan fingerprint density at radius 2 is 2.11 bits per heavy atom. The SMILES string of the molecule is CCCOc1ccc(C(NN)c2csc(C)n2)cc1. The summed E-state index contributed by atoms with van der Waals surface area (Å²) in [7, 11) is 0. The predicted octanol–water partition coefficient (Wildman–Crippen LogP) is 2.79. The molecule has 0 bridgehead atoms. The van der Waals surface area contributed by atoms with Gasteiger partial charge in [-0.2, -0.15) is 0 Å². The Balaban J connectivity index is 2.15. The Labute approximate surface area is 117 Å². The molecule has 1 heterocycles. The van der Waals surface area contributed by atoms with E-state index in [0.29, 0.717) is 0 Å². The Morgan fingerprint density at radius 1 is 1.37 bits per heavy atom. The highest BCUT2D eigenvalue weighted by atomic mass is 32.1. The van der Waals surface area contributed by atoms with E-state index in [0.717, 1.165) is 35.0 Å². The van der Waals surface area contributed by atoms with Gasteiger partial charge in [0.15, 0.2) is 0 Å². The molecule has 0 radical (unpaired) electrons. The van der Waals surface area contributed by atoms with Crippen LogP contribution in [0.4, 0.5) is 0 Å². The molecule has 1 atom stereocenters. The fourth-order valence-electron chi connectivity index (χ4n) is 1.84. The third-order valence-electron chi connectivity index (χ3n) is 2.79. The third kappa shape index (κ3) is 3.53. The smallest absolute Gasteiger partial charge is 0.119 e. The van der Waals surface area contributed by atoms with Crippen LogP contribution in [0.25, 0.3) is 0 Å². The number of hydrazine groups is 1. The van der Waals surface area contributed by atoms with E-state index in [2.05, 4.69) is 17.3 Å². The van der Waals surface area contributed by atoms with Crippen molar-refractivity contribution in [2.45, 2.75) is 26.3 Å². The van der Waals surface area contributed by atoms with Gasteiger partial charge in [0, 0.05) is 5.38 Å². The molecule has 0 saturated heterocycles. The number of nitrogens with two attached hydrogens (primary N) is 1. The van der Waals surface area contributed by atoms with Crippen molar-refractivity contribution in [1.29, 1.82) is 0 Å².